The second kappa shape index (κ2) is 5.78. The predicted octanol–water partition coefficient (Wildman–Crippen LogP) is 4.37. The van der Waals surface area contributed by atoms with Crippen LogP contribution in [-0.4, -0.2) is 19.7 Å². The van der Waals surface area contributed by atoms with Crippen molar-refractivity contribution in [3.8, 4) is 16.8 Å². The molecule has 0 fully saturated rings. The fourth-order valence-corrected chi connectivity index (χ4v) is 3.05. The topological polar surface area (TPSA) is 69.6 Å². The summed E-state index contributed by atoms with van der Waals surface area (Å²) in [6, 6.07) is 11.2. The maximum Gasteiger partial charge on any atom is 0.134 e. The van der Waals surface area contributed by atoms with Crippen molar-refractivity contribution in [1.29, 1.82) is 0 Å². The van der Waals surface area contributed by atoms with E-state index >= 15 is 0 Å². The van der Waals surface area contributed by atoms with Gasteiger partial charge in [-0.15, -0.1) is 0 Å². The molecule has 0 bridgehead atoms. The molecule has 0 aliphatic carbocycles. The van der Waals surface area contributed by atoms with Crippen molar-refractivity contribution in [2.24, 2.45) is 0 Å². The Kier molecular flexibility index (Phi) is 3.59. The Morgan fingerprint density at radius 3 is 2.67 bits per heavy atom. The summed E-state index contributed by atoms with van der Waals surface area (Å²) in [4.78, 5) is 8.47. The number of halogens is 2. The lowest BCUT2D eigenvalue weighted by Gasteiger charge is -2.12. The van der Waals surface area contributed by atoms with Gasteiger partial charge < -0.3 is 5.73 Å². The van der Waals surface area contributed by atoms with Gasteiger partial charge in [-0.3, -0.25) is 0 Å². The molecule has 2 aromatic heterocycles. The molecular weight excluding hydrogens is 345 g/mol. The van der Waals surface area contributed by atoms with E-state index in [9.17, 15) is 0 Å². The number of benzene rings is 2. The molecule has 5 nitrogen and oxygen atoms in total. The maximum atomic E-state index is 6.42. The van der Waals surface area contributed by atoms with Gasteiger partial charge in [-0.25, -0.2) is 14.6 Å². The molecule has 0 amide bonds. The molecule has 7 heteroatoms. The van der Waals surface area contributed by atoms with Gasteiger partial charge in [0.05, 0.1) is 21.2 Å². The molecule has 0 atom stereocenters. The molecule has 4 rings (SSSR count). The molecule has 0 aliphatic rings. The van der Waals surface area contributed by atoms with Gasteiger partial charge in [-0.05, 0) is 24.3 Å². The highest BCUT2D eigenvalue weighted by atomic mass is 35.5. The van der Waals surface area contributed by atoms with Crippen LogP contribution in [0, 0.1) is 0 Å². The summed E-state index contributed by atoms with van der Waals surface area (Å²) < 4.78 is 1.74. The summed E-state index contributed by atoms with van der Waals surface area (Å²) in [7, 11) is 0. The van der Waals surface area contributed by atoms with Crippen LogP contribution in [0.5, 0.6) is 0 Å². The Balaban J connectivity index is 2.10. The van der Waals surface area contributed by atoms with Gasteiger partial charge in [0.25, 0.3) is 0 Å². The normalized spacial score (nSPS) is 11.1. The average molecular weight is 356 g/mol. The molecule has 0 radical (unpaired) electrons. The minimum absolute atomic E-state index is 0.397. The molecule has 0 saturated carbocycles. The van der Waals surface area contributed by atoms with Gasteiger partial charge in [-0.1, -0.05) is 35.3 Å². The number of hydrogen-bond donors (Lipinski definition) is 1. The third-order valence-electron chi connectivity index (χ3n) is 3.77. The number of aromatic nitrogens is 4. The summed E-state index contributed by atoms with van der Waals surface area (Å²) in [6.45, 7) is 0. The van der Waals surface area contributed by atoms with Gasteiger partial charge in [0.2, 0.25) is 0 Å². The third kappa shape index (κ3) is 2.38. The third-order valence-corrected chi connectivity index (χ3v) is 4.58. The Morgan fingerprint density at radius 2 is 1.88 bits per heavy atom. The maximum absolute atomic E-state index is 6.42. The van der Waals surface area contributed by atoms with E-state index in [-0.39, 0.29) is 0 Å². The van der Waals surface area contributed by atoms with E-state index in [2.05, 4.69) is 15.1 Å². The monoisotopic (exact) mass is 355 g/mol. The van der Waals surface area contributed by atoms with E-state index in [0.717, 1.165) is 22.2 Å². The first kappa shape index (κ1) is 14.9. The van der Waals surface area contributed by atoms with E-state index in [0.29, 0.717) is 21.4 Å². The second-order valence-electron chi connectivity index (χ2n) is 5.20. The summed E-state index contributed by atoms with van der Waals surface area (Å²) in [5.41, 5.74) is 9.20. The summed E-state index contributed by atoms with van der Waals surface area (Å²) in [5, 5.41) is 5.95. The van der Waals surface area contributed by atoms with E-state index in [1.165, 1.54) is 6.33 Å². The first-order valence-corrected chi connectivity index (χ1v) is 7.89. The fourth-order valence-electron chi connectivity index (χ4n) is 2.64. The van der Waals surface area contributed by atoms with Gasteiger partial charge in [0.1, 0.15) is 12.1 Å². The largest absolute Gasteiger partial charge is 0.383 e. The van der Waals surface area contributed by atoms with Crippen LogP contribution in [-0.2, 0) is 0 Å². The lowest BCUT2D eigenvalue weighted by Crippen LogP contribution is -2.00. The van der Waals surface area contributed by atoms with Crippen molar-refractivity contribution in [2.45, 2.75) is 0 Å². The van der Waals surface area contributed by atoms with Crippen molar-refractivity contribution >= 4 is 39.9 Å². The van der Waals surface area contributed by atoms with E-state index in [1.54, 1.807) is 16.9 Å². The van der Waals surface area contributed by atoms with Crippen LogP contribution in [0.15, 0.2) is 55.1 Å². The number of nitrogen functional groups attached to an aromatic ring is 1. The zero-order chi connectivity index (χ0) is 16.7. The highest BCUT2D eigenvalue weighted by Crippen LogP contribution is 2.38. The second-order valence-corrected chi connectivity index (χ2v) is 5.99. The molecule has 118 valence electrons. The van der Waals surface area contributed by atoms with Gasteiger partial charge in [0.15, 0.2) is 0 Å². The van der Waals surface area contributed by atoms with E-state index < -0.39 is 0 Å². The highest BCUT2D eigenvalue weighted by molar-refractivity contribution is 6.44. The zero-order valence-electron chi connectivity index (χ0n) is 12.3. The quantitative estimate of drug-likeness (QED) is 0.579. The fraction of sp³-hybridized carbons (Fsp3) is 0. The van der Waals surface area contributed by atoms with Crippen LogP contribution < -0.4 is 5.73 Å². The van der Waals surface area contributed by atoms with Gasteiger partial charge >= 0.3 is 0 Å². The average Bonchev–Trinajstić information content (AvgIpc) is 3.12. The minimum Gasteiger partial charge on any atom is -0.383 e. The van der Waals surface area contributed by atoms with Crippen LogP contribution >= 0.6 is 23.2 Å². The predicted molar refractivity (Wildman–Crippen MR) is 96.5 cm³/mol. The van der Waals surface area contributed by atoms with Crippen LogP contribution in [0.1, 0.15) is 0 Å². The zero-order valence-corrected chi connectivity index (χ0v) is 13.8. The SMILES string of the molecule is Nc1ncnc2c(-c3cccc(Cl)c3Cl)cc(-n3cccn3)cc12. The standard InChI is InChI=1S/C17H11Cl2N5/c18-14-4-1-3-11(15(14)19)12-7-10(24-6-2-5-23-24)8-13-16(12)21-9-22-17(13)20/h1-9H,(H2,20,21,22). The van der Waals surface area contributed by atoms with Crippen LogP contribution in [0.25, 0.3) is 27.7 Å². The Bertz CT molecular complexity index is 1040. The van der Waals surface area contributed by atoms with E-state index in [1.807, 2.05) is 36.5 Å². The first-order valence-electron chi connectivity index (χ1n) is 7.14. The molecule has 4 aromatic rings. The summed E-state index contributed by atoms with van der Waals surface area (Å²) in [5.74, 6) is 0.397. The smallest absolute Gasteiger partial charge is 0.134 e. The molecule has 0 spiro atoms. The number of fused-ring (bicyclic) bond motifs is 1. The molecule has 0 saturated heterocycles. The summed E-state index contributed by atoms with van der Waals surface area (Å²) in [6.07, 6.45) is 5.00. The molecule has 24 heavy (non-hydrogen) atoms. The molecular formula is C17H11Cl2N5. The Morgan fingerprint density at radius 1 is 1.00 bits per heavy atom. The lowest BCUT2D eigenvalue weighted by atomic mass is 10.0. The molecule has 0 aliphatic heterocycles. The summed E-state index contributed by atoms with van der Waals surface area (Å²) >= 11 is 12.6. The minimum atomic E-state index is 0.397. The first-order chi connectivity index (χ1) is 11.6. The Labute approximate surface area is 147 Å². The molecule has 0 unspecified atom stereocenters. The van der Waals surface area contributed by atoms with Gasteiger partial charge in [0, 0.05) is 28.9 Å². The van der Waals surface area contributed by atoms with Crippen LogP contribution in [0.2, 0.25) is 10.0 Å². The number of hydrogen-bond acceptors (Lipinski definition) is 4. The number of rotatable bonds is 2. The van der Waals surface area contributed by atoms with Gasteiger partial charge in [-0.2, -0.15) is 5.10 Å². The molecule has 2 N–H and O–H groups in total. The number of nitrogens with zero attached hydrogens (tertiary/aromatic N) is 4. The number of nitrogens with two attached hydrogens (primary N) is 1. The van der Waals surface area contributed by atoms with Crippen molar-refractivity contribution in [3.05, 3.63) is 65.2 Å². The van der Waals surface area contributed by atoms with Crippen molar-refractivity contribution in [2.75, 3.05) is 5.73 Å². The van der Waals surface area contributed by atoms with Crippen molar-refractivity contribution in [3.63, 3.8) is 0 Å². The lowest BCUT2D eigenvalue weighted by molar-refractivity contribution is 0.882. The van der Waals surface area contributed by atoms with Crippen molar-refractivity contribution in [1.82, 2.24) is 19.7 Å². The Hall–Kier alpha value is -2.63. The van der Waals surface area contributed by atoms with Crippen molar-refractivity contribution < 1.29 is 0 Å². The van der Waals surface area contributed by atoms with Crippen LogP contribution in [0.3, 0.4) is 0 Å². The highest BCUT2D eigenvalue weighted by Gasteiger charge is 2.15. The van der Waals surface area contributed by atoms with Crippen LogP contribution in [0.4, 0.5) is 5.82 Å². The number of anilines is 1. The molecule has 2 aromatic carbocycles. The molecule has 2 heterocycles. The van der Waals surface area contributed by atoms with E-state index in [4.69, 9.17) is 28.9 Å².